The summed E-state index contributed by atoms with van der Waals surface area (Å²) >= 11 is 0. The number of nitriles is 1. The third-order valence-electron chi connectivity index (χ3n) is 2.76. The van der Waals surface area contributed by atoms with Gasteiger partial charge in [-0.1, -0.05) is 6.07 Å². The first kappa shape index (κ1) is 11.4. The molecule has 1 N–H and O–H groups in total. The third-order valence-corrected chi connectivity index (χ3v) is 2.76. The van der Waals surface area contributed by atoms with Crippen LogP contribution in [-0.4, -0.2) is 23.0 Å². The van der Waals surface area contributed by atoms with Crippen molar-refractivity contribution in [3.63, 3.8) is 0 Å². The molecule has 0 bridgehead atoms. The number of rotatable bonds is 3. The molecule has 0 fully saturated rings. The number of aromatic amines is 1. The lowest BCUT2D eigenvalue weighted by atomic mass is 10.2. The Kier molecular flexibility index (Phi) is 2.98. The topological polar surface area (TPSA) is 73.0 Å². The molecule has 1 heterocycles. The molecule has 1 unspecified atom stereocenters. The number of hydrogen-bond donors (Lipinski definition) is 1. The lowest BCUT2D eigenvalue weighted by Gasteiger charge is -2.18. The zero-order valence-electron chi connectivity index (χ0n) is 9.73. The maximum Gasteiger partial charge on any atom is 0.417 e. The summed E-state index contributed by atoms with van der Waals surface area (Å²) < 4.78 is 4.92. The van der Waals surface area contributed by atoms with Crippen LogP contribution in [0.3, 0.4) is 0 Å². The van der Waals surface area contributed by atoms with Gasteiger partial charge in [0.1, 0.15) is 0 Å². The predicted molar refractivity (Wildman–Crippen MR) is 63.4 cm³/mol. The molecular weight excluding hydrogens is 218 g/mol. The van der Waals surface area contributed by atoms with E-state index in [1.165, 1.54) is 0 Å². The highest BCUT2D eigenvalue weighted by Crippen LogP contribution is 2.14. The van der Waals surface area contributed by atoms with E-state index < -0.39 is 5.76 Å². The van der Waals surface area contributed by atoms with E-state index >= 15 is 0 Å². The van der Waals surface area contributed by atoms with Crippen molar-refractivity contribution >= 4 is 11.1 Å². The van der Waals surface area contributed by atoms with Crippen LogP contribution in [0.5, 0.6) is 0 Å². The minimum Gasteiger partial charge on any atom is -0.408 e. The number of oxazole rings is 1. The molecule has 0 amide bonds. The van der Waals surface area contributed by atoms with Gasteiger partial charge >= 0.3 is 5.76 Å². The molecular formula is C12H13N3O2. The number of H-pyrrole nitrogens is 1. The van der Waals surface area contributed by atoms with Gasteiger partial charge in [-0.15, -0.1) is 0 Å². The molecule has 2 rings (SSSR count). The molecule has 0 aliphatic heterocycles. The number of nitrogens with one attached hydrogen (secondary N) is 1. The van der Waals surface area contributed by atoms with Gasteiger partial charge in [-0.25, -0.2) is 4.79 Å². The average Bonchev–Trinajstić information content (AvgIpc) is 2.67. The Balaban J connectivity index is 2.25. The summed E-state index contributed by atoms with van der Waals surface area (Å²) in [6.45, 7) is 2.50. The van der Waals surface area contributed by atoms with E-state index in [2.05, 4.69) is 11.1 Å². The summed E-state index contributed by atoms with van der Waals surface area (Å²) in [5.41, 5.74) is 2.26. The Labute approximate surface area is 98.3 Å². The molecule has 88 valence electrons. The lowest BCUT2D eigenvalue weighted by molar-refractivity contribution is 0.294. The number of nitrogens with zero attached hydrogens (tertiary/aromatic N) is 2. The monoisotopic (exact) mass is 231 g/mol. The quantitative estimate of drug-likeness (QED) is 0.868. The molecule has 0 aliphatic rings. The fraction of sp³-hybridized carbons (Fsp3) is 0.333. The van der Waals surface area contributed by atoms with Crippen LogP contribution < -0.4 is 5.76 Å². The molecule has 1 atom stereocenters. The van der Waals surface area contributed by atoms with E-state index in [0.717, 1.165) is 5.56 Å². The Hall–Kier alpha value is -2.06. The van der Waals surface area contributed by atoms with Crippen LogP contribution in [0.1, 0.15) is 12.5 Å². The molecule has 0 aliphatic carbocycles. The molecule has 0 radical (unpaired) electrons. The van der Waals surface area contributed by atoms with Gasteiger partial charge in [-0.3, -0.25) is 9.88 Å². The maximum atomic E-state index is 11.0. The third kappa shape index (κ3) is 2.37. The van der Waals surface area contributed by atoms with Crippen LogP contribution in [0.25, 0.3) is 11.1 Å². The molecule has 1 aromatic carbocycles. The summed E-state index contributed by atoms with van der Waals surface area (Å²) in [5.74, 6) is -0.448. The molecule has 2 aromatic rings. The Morgan fingerprint density at radius 3 is 3.06 bits per heavy atom. The van der Waals surface area contributed by atoms with E-state index in [1.54, 1.807) is 6.07 Å². The normalized spacial score (nSPS) is 12.8. The Morgan fingerprint density at radius 2 is 2.35 bits per heavy atom. The second kappa shape index (κ2) is 4.44. The summed E-state index contributed by atoms with van der Waals surface area (Å²) in [4.78, 5) is 15.5. The highest BCUT2D eigenvalue weighted by molar-refractivity contribution is 5.72. The fourth-order valence-electron chi connectivity index (χ4n) is 1.62. The van der Waals surface area contributed by atoms with Crippen molar-refractivity contribution in [1.29, 1.82) is 5.26 Å². The predicted octanol–water partition coefficient (Wildman–Crippen LogP) is 1.46. The first-order chi connectivity index (χ1) is 8.10. The first-order valence-electron chi connectivity index (χ1n) is 5.32. The molecule has 17 heavy (non-hydrogen) atoms. The second-order valence-electron chi connectivity index (χ2n) is 4.07. The highest BCUT2D eigenvalue weighted by atomic mass is 16.4. The highest BCUT2D eigenvalue weighted by Gasteiger charge is 2.09. The summed E-state index contributed by atoms with van der Waals surface area (Å²) in [6, 6.07) is 7.54. The minimum absolute atomic E-state index is 0.144. The van der Waals surface area contributed by atoms with Crippen LogP contribution in [0.15, 0.2) is 27.4 Å². The van der Waals surface area contributed by atoms with E-state index in [-0.39, 0.29) is 6.04 Å². The van der Waals surface area contributed by atoms with Crippen LogP contribution in [0.4, 0.5) is 0 Å². The van der Waals surface area contributed by atoms with Gasteiger partial charge < -0.3 is 4.42 Å². The standard InChI is InChI=1S/C12H13N3O2/c1-8(6-13)15(2)7-9-3-4-11-10(5-9)14-12(16)17-11/h3-5,8H,7H2,1-2H3,(H,14,16). The number of aromatic nitrogens is 1. The van der Waals surface area contributed by atoms with Gasteiger partial charge in [0.25, 0.3) is 0 Å². The van der Waals surface area contributed by atoms with Crippen molar-refractivity contribution in [2.45, 2.75) is 19.5 Å². The maximum absolute atomic E-state index is 11.0. The molecule has 5 heteroatoms. The Bertz CT molecular complexity index is 620. The zero-order chi connectivity index (χ0) is 12.4. The zero-order valence-corrected chi connectivity index (χ0v) is 9.73. The SMILES string of the molecule is CC(C#N)N(C)Cc1ccc2oc(=O)[nH]c2c1. The molecule has 1 aromatic heterocycles. The van der Waals surface area contributed by atoms with Crippen molar-refractivity contribution in [3.05, 3.63) is 34.3 Å². The van der Waals surface area contributed by atoms with Crippen LogP contribution in [-0.2, 0) is 6.54 Å². The van der Waals surface area contributed by atoms with Crippen molar-refractivity contribution in [2.24, 2.45) is 0 Å². The summed E-state index contributed by atoms with van der Waals surface area (Å²) in [5, 5.41) is 8.80. The number of hydrogen-bond acceptors (Lipinski definition) is 4. The molecule has 0 saturated carbocycles. The number of benzene rings is 1. The van der Waals surface area contributed by atoms with Crippen molar-refractivity contribution < 1.29 is 4.42 Å². The van der Waals surface area contributed by atoms with E-state index in [0.29, 0.717) is 17.6 Å². The van der Waals surface area contributed by atoms with Gasteiger partial charge in [-0.05, 0) is 31.7 Å². The van der Waals surface area contributed by atoms with Gasteiger partial charge in [0.05, 0.1) is 17.6 Å². The van der Waals surface area contributed by atoms with Crippen molar-refractivity contribution in [1.82, 2.24) is 9.88 Å². The fourth-order valence-corrected chi connectivity index (χ4v) is 1.62. The van der Waals surface area contributed by atoms with Gasteiger partial charge in [-0.2, -0.15) is 5.26 Å². The largest absolute Gasteiger partial charge is 0.417 e. The number of fused-ring (bicyclic) bond motifs is 1. The molecule has 0 saturated heterocycles. The van der Waals surface area contributed by atoms with Gasteiger partial charge in [0.2, 0.25) is 0 Å². The minimum atomic E-state index is -0.448. The van der Waals surface area contributed by atoms with E-state index in [9.17, 15) is 4.79 Å². The van der Waals surface area contributed by atoms with E-state index in [1.807, 2.05) is 31.0 Å². The average molecular weight is 231 g/mol. The molecule has 0 spiro atoms. The van der Waals surface area contributed by atoms with E-state index in [4.69, 9.17) is 9.68 Å². The molecule has 5 nitrogen and oxygen atoms in total. The van der Waals surface area contributed by atoms with Crippen LogP contribution >= 0.6 is 0 Å². The van der Waals surface area contributed by atoms with Crippen molar-refractivity contribution in [2.75, 3.05) is 7.05 Å². The first-order valence-corrected chi connectivity index (χ1v) is 5.32. The Morgan fingerprint density at radius 1 is 1.59 bits per heavy atom. The smallest absolute Gasteiger partial charge is 0.408 e. The van der Waals surface area contributed by atoms with Crippen LogP contribution in [0.2, 0.25) is 0 Å². The summed E-state index contributed by atoms with van der Waals surface area (Å²) in [6.07, 6.45) is 0. The second-order valence-corrected chi connectivity index (χ2v) is 4.07. The van der Waals surface area contributed by atoms with Crippen LogP contribution in [0, 0.1) is 11.3 Å². The van der Waals surface area contributed by atoms with Gasteiger partial charge in [0, 0.05) is 6.54 Å². The van der Waals surface area contributed by atoms with Gasteiger partial charge in [0.15, 0.2) is 5.58 Å². The summed E-state index contributed by atoms with van der Waals surface area (Å²) in [7, 11) is 1.89. The lowest BCUT2D eigenvalue weighted by Crippen LogP contribution is -2.26. The van der Waals surface area contributed by atoms with Crippen molar-refractivity contribution in [3.8, 4) is 6.07 Å².